The zero-order chi connectivity index (χ0) is 16.3. The molecule has 0 aromatic carbocycles. The van der Waals surface area contributed by atoms with Crippen molar-refractivity contribution < 1.29 is 13.3 Å². The van der Waals surface area contributed by atoms with Gasteiger partial charge in [0.05, 0.1) is 4.92 Å². The van der Waals surface area contributed by atoms with Crippen molar-refractivity contribution in [2.75, 3.05) is 17.3 Å². The Morgan fingerprint density at radius 1 is 1.45 bits per heavy atom. The average Bonchev–Trinajstić information content (AvgIpc) is 2.85. The molecule has 1 aromatic heterocycles. The first-order valence-electron chi connectivity index (χ1n) is 7.19. The summed E-state index contributed by atoms with van der Waals surface area (Å²) in [6, 6.07) is 1.32. The minimum Gasteiger partial charge on any atom is -0.367 e. The van der Waals surface area contributed by atoms with Gasteiger partial charge in [-0.1, -0.05) is 31.1 Å². The van der Waals surface area contributed by atoms with Gasteiger partial charge in [0.1, 0.15) is 4.21 Å². The largest absolute Gasteiger partial charge is 0.367 e. The van der Waals surface area contributed by atoms with Crippen LogP contribution < -0.4 is 5.32 Å². The molecule has 22 heavy (non-hydrogen) atoms. The Labute approximate surface area is 138 Å². The topological polar surface area (TPSA) is 89.3 Å². The summed E-state index contributed by atoms with van der Waals surface area (Å²) in [5, 5.41) is 15.2. The first-order chi connectivity index (χ1) is 10.3. The van der Waals surface area contributed by atoms with Crippen LogP contribution in [0.25, 0.3) is 0 Å². The highest BCUT2D eigenvalue weighted by Gasteiger charge is 2.30. The molecule has 1 N–H and O–H groups in total. The van der Waals surface area contributed by atoms with Gasteiger partial charge >= 0.3 is 5.69 Å². The second-order valence-corrected chi connectivity index (χ2v) is 10.1. The quantitative estimate of drug-likeness (QED) is 0.613. The molecule has 0 radical (unpaired) electrons. The average molecular weight is 365 g/mol. The number of nitro groups is 1. The Kier molecular flexibility index (Phi) is 5.73. The summed E-state index contributed by atoms with van der Waals surface area (Å²) >= 11 is 2.82. The summed E-state index contributed by atoms with van der Waals surface area (Å²) in [4.78, 5) is 10.7. The van der Waals surface area contributed by atoms with E-state index < -0.39 is 14.8 Å². The smallest absolute Gasteiger partial charge is 0.304 e. The van der Waals surface area contributed by atoms with Crippen LogP contribution in [0.15, 0.2) is 10.3 Å². The molecule has 2 atom stereocenters. The lowest BCUT2D eigenvalue weighted by Crippen LogP contribution is -2.34. The van der Waals surface area contributed by atoms with E-state index >= 15 is 0 Å². The van der Waals surface area contributed by atoms with E-state index in [9.17, 15) is 18.5 Å². The zero-order valence-corrected chi connectivity index (χ0v) is 15.0. The molecular weight excluding hydrogens is 344 g/mol. The highest BCUT2D eigenvalue weighted by Crippen LogP contribution is 2.40. The molecule has 1 aromatic rings. The molecule has 0 amide bonds. The zero-order valence-electron chi connectivity index (χ0n) is 12.6. The molecule has 1 aliphatic rings. The van der Waals surface area contributed by atoms with Crippen molar-refractivity contribution in [2.24, 2.45) is 0 Å². The molecule has 1 aliphatic carbocycles. The van der Waals surface area contributed by atoms with Gasteiger partial charge in [0, 0.05) is 23.6 Å². The third-order valence-corrected chi connectivity index (χ3v) is 7.83. The normalized spacial score (nSPS) is 22.5. The van der Waals surface area contributed by atoms with Crippen molar-refractivity contribution in [3.63, 3.8) is 0 Å². The number of thioether (sulfide) groups is 1. The minimum absolute atomic E-state index is 0.0391. The highest BCUT2D eigenvalue weighted by atomic mass is 32.2. The van der Waals surface area contributed by atoms with E-state index in [0.717, 1.165) is 48.7 Å². The van der Waals surface area contributed by atoms with Crippen LogP contribution in [-0.4, -0.2) is 36.6 Å². The van der Waals surface area contributed by atoms with E-state index in [1.165, 1.54) is 6.42 Å². The van der Waals surface area contributed by atoms with Crippen molar-refractivity contribution >= 4 is 43.6 Å². The van der Waals surface area contributed by atoms with Gasteiger partial charge in [0.25, 0.3) is 0 Å². The van der Waals surface area contributed by atoms with E-state index in [1.54, 1.807) is 0 Å². The molecule has 0 spiro atoms. The van der Waals surface area contributed by atoms with Gasteiger partial charge in [-0.05, 0) is 18.6 Å². The number of nitrogens with zero attached hydrogens (tertiary/aromatic N) is 1. The van der Waals surface area contributed by atoms with Gasteiger partial charge in [0.15, 0.2) is 14.8 Å². The van der Waals surface area contributed by atoms with E-state index in [4.69, 9.17) is 0 Å². The molecule has 0 bridgehead atoms. The van der Waals surface area contributed by atoms with Gasteiger partial charge in [-0.2, -0.15) is 11.8 Å². The second kappa shape index (κ2) is 7.18. The van der Waals surface area contributed by atoms with Crippen LogP contribution in [0, 0.1) is 10.1 Å². The van der Waals surface area contributed by atoms with Gasteiger partial charge in [-0.25, -0.2) is 8.42 Å². The molecule has 1 saturated carbocycles. The van der Waals surface area contributed by atoms with Crippen LogP contribution >= 0.6 is 23.1 Å². The minimum atomic E-state index is -3.43. The van der Waals surface area contributed by atoms with E-state index in [1.807, 2.05) is 11.8 Å². The van der Waals surface area contributed by atoms with Crippen molar-refractivity contribution in [1.29, 1.82) is 0 Å². The van der Waals surface area contributed by atoms with Crippen LogP contribution in [0.2, 0.25) is 0 Å². The van der Waals surface area contributed by atoms with Crippen molar-refractivity contribution in [3.05, 3.63) is 16.2 Å². The summed E-state index contributed by atoms with van der Waals surface area (Å²) in [6.07, 6.45) is 5.39. The predicted molar refractivity (Wildman–Crippen MR) is 91.9 cm³/mol. The van der Waals surface area contributed by atoms with Crippen LogP contribution in [-0.2, 0) is 9.84 Å². The Morgan fingerprint density at radius 3 is 2.73 bits per heavy atom. The number of anilines is 1. The summed E-state index contributed by atoms with van der Waals surface area (Å²) in [6.45, 7) is 2.10. The summed E-state index contributed by atoms with van der Waals surface area (Å²) in [7, 11) is -3.43. The first-order valence-corrected chi connectivity index (χ1v) is 10.9. The molecule has 2 rings (SSSR count). The van der Waals surface area contributed by atoms with Crippen LogP contribution in [0.3, 0.4) is 0 Å². The molecule has 9 heteroatoms. The van der Waals surface area contributed by atoms with Crippen molar-refractivity contribution in [1.82, 2.24) is 0 Å². The van der Waals surface area contributed by atoms with Gasteiger partial charge in [-0.3, -0.25) is 10.1 Å². The molecular formula is C13H20N2O4S3. The molecule has 1 heterocycles. The van der Waals surface area contributed by atoms with Crippen LogP contribution in [0.5, 0.6) is 0 Å². The molecule has 2 unspecified atom stereocenters. The third-order valence-electron chi connectivity index (χ3n) is 3.65. The number of hydrogen-bond acceptors (Lipinski definition) is 7. The first kappa shape index (κ1) is 17.6. The molecule has 0 aliphatic heterocycles. The fourth-order valence-corrected chi connectivity index (χ4v) is 5.82. The lowest BCUT2D eigenvalue weighted by atomic mass is 9.95. The number of sulfone groups is 1. The Hall–Kier alpha value is -0.800. The Bertz CT molecular complexity index is 640. The Balaban J connectivity index is 2.27. The van der Waals surface area contributed by atoms with Gasteiger partial charge in [0.2, 0.25) is 0 Å². The van der Waals surface area contributed by atoms with Crippen molar-refractivity contribution in [3.8, 4) is 0 Å². The van der Waals surface area contributed by atoms with Gasteiger partial charge < -0.3 is 5.32 Å². The molecule has 124 valence electrons. The molecule has 0 saturated heterocycles. The maximum atomic E-state index is 11.6. The number of nitrogens with one attached hydrogen (secondary N) is 1. The third kappa shape index (κ3) is 4.14. The lowest BCUT2D eigenvalue weighted by molar-refractivity contribution is -0.383. The lowest BCUT2D eigenvalue weighted by Gasteiger charge is -2.31. The predicted octanol–water partition coefficient (Wildman–Crippen LogP) is 3.54. The van der Waals surface area contributed by atoms with E-state index in [2.05, 4.69) is 12.2 Å². The monoisotopic (exact) mass is 364 g/mol. The van der Waals surface area contributed by atoms with Crippen molar-refractivity contribution in [2.45, 2.75) is 48.1 Å². The number of hydrogen-bond donors (Lipinski definition) is 1. The highest BCUT2D eigenvalue weighted by molar-refractivity contribution is 7.99. The fraction of sp³-hybridized carbons (Fsp3) is 0.692. The summed E-state index contributed by atoms with van der Waals surface area (Å²) in [5.74, 6) is 1.00. The second-order valence-electron chi connectivity index (χ2n) is 5.34. The number of rotatable bonds is 6. The fourth-order valence-electron chi connectivity index (χ4n) is 2.63. The molecule has 1 fully saturated rings. The van der Waals surface area contributed by atoms with Crippen LogP contribution in [0.1, 0.15) is 32.6 Å². The maximum absolute atomic E-state index is 11.6. The van der Waals surface area contributed by atoms with E-state index in [0.29, 0.717) is 10.3 Å². The van der Waals surface area contributed by atoms with E-state index in [-0.39, 0.29) is 15.9 Å². The SMILES string of the molecule is CCSC1CCCCC1Nc1sc(S(C)(=O)=O)cc1[N+](=O)[O-]. The molecule has 6 nitrogen and oxygen atoms in total. The van der Waals surface area contributed by atoms with Crippen LogP contribution in [0.4, 0.5) is 10.7 Å². The summed E-state index contributed by atoms with van der Waals surface area (Å²) < 4.78 is 23.3. The standard InChI is InChI=1S/C13H20N2O4S3/c1-3-20-11-7-5-4-6-9(11)14-13-10(15(16)17)8-12(21-13)22(2,18)19/h8-9,11,14H,3-7H2,1-2H3. The summed E-state index contributed by atoms with van der Waals surface area (Å²) in [5.41, 5.74) is -0.142. The Morgan fingerprint density at radius 2 is 2.14 bits per heavy atom. The maximum Gasteiger partial charge on any atom is 0.304 e. The van der Waals surface area contributed by atoms with Gasteiger partial charge in [-0.15, -0.1) is 0 Å². The number of thiophene rings is 1.